The number of ketones is 1. The van der Waals surface area contributed by atoms with E-state index in [0.717, 1.165) is 29.1 Å². The van der Waals surface area contributed by atoms with Gasteiger partial charge in [0.2, 0.25) is 10.0 Å². The van der Waals surface area contributed by atoms with Gasteiger partial charge in [0.05, 0.1) is 11.4 Å². The molecule has 0 radical (unpaired) electrons. The van der Waals surface area contributed by atoms with E-state index < -0.39 is 15.4 Å². The van der Waals surface area contributed by atoms with Gasteiger partial charge in [-0.2, -0.15) is 9.42 Å². The summed E-state index contributed by atoms with van der Waals surface area (Å²) in [5.41, 5.74) is 2.51. The summed E-state index contributed by atoms with van der Waals surface area (Å²) in [4.78, 5) is 27.2. The van der Waals surface area contributed by atoms with Crippen molar-refractivity contribution in [3.8, 4) is 0 Å². The van der Waals surface area contributed by atoms with Crippen LogP contribution in [-0.2, 0) is 14.8 Å². The van der Waals surface area contributed by atoms with Crippen LogP contribution < -0.4 is 5.32 Å². The molecule has 0 saturated carbocycles. The quantitative estimate of drug-likeness (QED) is 0.690. The van der Waals surface area contributed by atoms with Crippen LogP contribution in [0.3, 0.4) is 0 Å². The molecule has 1 aromatic carbocycles. The van der Waals surface area contributed by atoms with Gasteiger partial charge in [-0.05, 0) is 48.9 Å². The van der Waals surface area contributed by atoms with Crippen molar-refractivity contribution in [3.63, 3.8) is 0 Å². The molecule has 35 heavy (non-hydrogen) atoms. The topological polar surface area (TPSA) is 112 Å². The molecule has 0 atom stereocenters. The lowest BCUT2D eigenvalue weighted by Crippen LogP contribution is -2.50. The van der Waals surface area contributed by atoms with Crippen molar-refractivity contribution in [2.45, 2.75) is 44.4 Å². The van der Waals surface area contributed by atoms with Crippen molar-refractivity contribution in [1.29, 1.82) is 0 Å². The molecular weight excluding hydrogens is 466 g/mol. The second-order valence-electron chi connectivity index (χ2n) is 10.9. The van der Waals surface area contributed by atoms with Gasteiger partial charge >= 0.3 is 0 Å². The Kier molecular flexibility index (Phi) is 5.52. The highest BCUT2D eigenvalue weighted by Crippen LogP contribution is 2.55. The predicted octanol–water partition coefficient (Wildman–Crippen LogP) is 3.08. The van der Waals surface area contributed by atoms with E-state index in [1.165, 1.54) is 21.3 Å². The Hall–Kier alpha value is -2.85. The lowest BCUT2D eigenvalue weighted by Gasteiger charge is -2.48. The zero-order valence-corrected chi connectivity index (χ0v) is 21.4. The van der Waals surface area contributed by atoms with Crippen LogP contribution >= 0.6 is 0 Å². The van der Waals surface area contributed by atoms with Crippen LogP contribution in [0.1, 0.15) is 49.9 Å². The number of hydrogen-bond acceptors (Lipinski definition) is 7. The van der Waals surface area contributed by atoms with Crippen LogP contribution in [0.5, 0.6) is 0 Å². The number of rotatable bonds is 3. The van der Waals surface area contributed by atoms with Gasteiger partial charge in [-0.15, -0.1) is 5.11 Å². The van der Waals surface area contributed by atoms with Crippen LogP contribution in [0.25, 0.3) is 0 Å². The van der Waals surface area contributed by atoms with Gasteiger partial charge < -0.3 is 10.2 Å². The number of sulfonamides is 1. The molecule has 3 heterocycles. The molecule has 1 aromatic rings. The summed E-state index contributed by atoms with van der Waals surface area (Å²) in [6.45, 7) is 5.21. The third-order valence-electron chi connectivity index (χ3n) is 7.61. The number of carbonyl (C=O) groups excluding carboxylic acids is 2. The highest BCUT2D eigenvalue weighted by molar-refractivity contribution is 7.89. The van der Waals surface area contributed by atoms with Crippen molar-refractivity contribution in [1.82, 2.24) is 14.5 Å². The van der Waals surface area contributed by atoms with Gasteiger partial charge in [-0.3, -0.25) is 9.59 Å². The molecule has 1 aliphatic carbocycles. The van der Waals surface area contributed by atoms with Gasteiger partial charge in [0.15, 0.2) is 11.6 Å². The van der Waals surface area contributed by atoms with E-state index in [0.29, 0.717) is 44.5 Å². The fraction of sp³-hybridized carbons (Fsp3) is 0.520. The molecule has 1 saturated heterocycles. The fourth-order valence-corrected chi connectivity index (χ4v) is 7.35. The number of hydrogen-bond donors (Lipinski definition) is 1. The molecule has 186 valence electrons. The fourth-order valence-electron chi connectivity index (χ4n) is 5.90. The molecule has 0 bridgehead atoms. The maximum atomic E-state index is 13.4. The predicted molar refractivity (Wildman–Crippen MR) is 130 cm³/mol. The van der Waals surface area contributed by atoms with Gasteiger partial charge in [-0.25, -0.2) is 8.42 Å². The SMILES string of the molecule is CN(C)C(=O)c1ccc(S(=O)(=O)N2CCC3(CC2)C2=C(N=NC2)NC2=C3C(=O)CC(C)(C)C2)cc1. The molecule has 5 rings (SSSR count). The summed E-state index contributed by atoms with van der Waals surface area (Å²) in [7, 11) is -0.425. The molecule has 1 N–H and O–H groups in total. The summed E-state index contributed by atoms with van der Waals surface area (Å²) in [6.07, 6.45) is 2.26. The van der Waals surface area contributed by atoms with Crippen LogP contribution in [0.2, 0.25) is 0 Å². The molecular formula is C25H31N5O4S. The van der Waals surface area contributed by atoms with Crippen LogP contribution in [0, 0.1) is 10.8 Å². The molecule has 9 nitrogen and oxygen atoms in total. The number of piperidine rings is 1. The van der Waals surface area contributed by atoms with Crippen LogP contribution in [-0.4, -0.2) is 63.0 Å². The molecule has 10 heteroatoms. The number of Topliss-reactive ketones (excluding diaryl/α,β-unsaturated/α-hetero) is 1. The van der Waals surface area contributed by atoms with E-state index in [1.54, 1.807) is 26.2 Å². The number of fused-ring (bicyclic) bond motifs is 2. The lowest BCUT2D eigenvalue weighted by atomic mass is 9.60. The highest BCUT2D eigenvalue weighted by Gasteiger charge is 2.53. The van der Waals surface area contributed by atoms with Gasteiger partial charge in [0.25, 0.3) is 5.91 Å². The number of carbonyl (C=O) groups is 2. The molecule has 4 aliphatic rings. The average molecular weight is 498 g/mol. The first kappa shape index (κ1) is 23.9. The number of amides is 1. The molecule has 1 spiro atoms. The Balaban J connectivity index is 1.42. The minimum absolute atomic E-state index is 0.137. The molecule has 0 unspecified atom stereocenters. The zero-order valence-electron chi connectivity index (χ0n) is 20.6. The van der Waals surface area contributed by atoms with Crippen molar-refractivity contribution < 1.29 is 18.0 Å². The Morgan fingerprint density at radius 1 is 1.09 bits per heavy atom. The van der Waals surface area contributed by atoms with Gasteiger partial charge in [-0.1, -0.05) is 13.8 Å². The average Bonchev–Trinajstić information content (AvgIpc) is 3.27. The third-order valence-corrected chi connectivity index (χ3v) is 9.52. The number of nitrogens with zero attached hydrogens (tertiary/aromatic N) is 4. The number of azo groups is 1. The molecule has 3 aliphatic heterocycles. The molecule has 1 fully saturated rings. The Labute approximate surface area is 206 Å². The maximum Gasteiger partial charge on any atom is 0.253 e. The Bertz CT molecular complexity index is 1300. The van der Waals surface area contributed by atoms with Crippen molar-refractivity contribution in [2.24, 2.45) is 21.1 Å². The Morgan fingerprint density at radius 2 is 1.74 bits per heavy atom. The number of nitrogens with one attached hydrogen (secondary N) is 1. The lowest BCUT2D eigenvalue weighted by molar-refractivity contribution is -0.119. The Morgan fingerprint density at radius 3 is 2.37 bits per heavy atom. The monoisotopic (exact) mass is 497 g/mol. The van der Waals surface area contributed by atoms with E-state index in [1.807, 2.05) is 0 Å². The summed E-state index contributed by atoms with van der Waals surface area (Å²) in [5.74, 6) is 0.687. The standard InChI is InChI=1S/C25H31N5O4S/c1-24(2)13-19-21(20(31)14-24)25(18-15-26-28-22(18)27-19)9-11-30(12-10-25)35(33,34)17-7-5-16(6-8-17)23(32)29(3)4/h5-8,27H,9-15H2,1-4H3. The summed E-state index contributed by atoms with van der Waals surface area (Å²) in [6, 6.07) is 6.07. The minimum Gasteiger partial charge on any atom is -0.345 e. The normalized spacial score (nSPS) is 23.3. The highest BCUT2D eigenvalue weighted by atomic mass is 32.2. The number of benzene rings is 1. The number of allylic oxidation sites excluding steroid dienone is 2. The van der Waals surface area contributed by atoms with Gasteiger partial charge in [0, 0.05) is 61.4 Å². The second kappa shape index (κ2) is 8.09. The van der Waals surface area contributed by atoms with Crippen LogP contribution in [0.4, 0.5) is 0 Å². The van der Waals surface area contributed by atoms with Crippen LogP contribution in [0.15, 0.2) is 62.1 Å². The first-order chi connectivity index (χ1) is 16.4. The molecule has 0 aromatic heterocycles. The maximum absolute atomic E-state index is 13.4. The number of dihydropyridines is 1. The molecule has 1 amide bonds. The first-order valence-corrected chi connectivity index (χ1v) is 13.4. The van der Waals surface area contributed by atoms with Crippen molar-refractivity contribution in [3.05, 3.63) is 52.5 Å². The first-order valence-electron chi connectivity index (χ1n) is 11.9. The van der Waals surface area contributed by atoms with E-state index in [9.17, 15) is 18.0 Å². The van der Waals surface area contributed by atoms with Crippen molar-refractivity contribution >= 4 is 21.7 Å². The largest absolute Gasteiger partial charge is 0.345 e. The summed E-state index contributed by atoms with van der Waals surface area (Å²) >= 11 is 0. The minimum atomic E-state index is -3.73. The van der Waals surface area contributed by atoms with E-state index >= 15 is 0 Å². The van der Waals surface area contributed by atoms with Gasteiger partial charge in [0.1, 0.15) is 0 Å². The third kappa shape index (κ3) is 3.83. The van der Waals surface area contributed by atoms with E-state index in [2.05, 4.69) is 29.4 Å². The van der Waals surface area contributed by atoms with Crippen molar-refractivity contribution in [2.75, 3.05) is 33.7 Å². The van der Waals surface area contributed by atoms with E-state index in [-0.39, 0.29) is 22.0 Å². The second-order valence-corrected chi connectivity index (χ2v) is 12.8. The smallest absolute Gasteiger partial charge is 0.253 e. The zero-order chi connectivity index (χ0) is 25.2. The summed E-state index contributed by atoms with van der Waals surface area (Å²) in [5, 5.41) is 11.9. The van der Waals surface area contributed by atoms with E-state index in [4.69, 9.17) is 0 Å². The summed E-state index contributed by atoms with van der Waals surface area (Å²) < 4.78 is 28.3.